The van der Waals surface area contributed by atoms with Crippen LogP contribution in [0.25, 0.3) is 10.6 Å². The van der Waals surface area contributed by atoms with Gasteiger partial charge in [0.15, 0.2) is 0 Å². The number of thiazole rings is 1. The smallest absolute Gasteiger partial charge is 0.337 e. The number of fused-ring (bicyclic) bond motifs is 1. The van der Waals surface area contributed by atoms with Crippen LogP contribution in [0.5, 0.6) is 0 Å². The Morgan fingerprint density at radius 1 is 1.30 bits per heavy atom. The number of aryl methyl sites for hydroxylation is 1. The molecule has 0 bridgehead atoms. The van der Waals surface area contributed by atoms with Crippen LogP contribution in [0.2, 0.25) is 0 Å². The fraction of sp³-hybridized carbons (Fsp3) is 0.333. The quantitative estimate of drug-likeness (QED) is 0.861. The van der Waals surface area contributed by atoms with E-state index in [4.69, 9.17) is 9.72 Å². The van der Waals surface area contributed by atoms with Crippen LogP contribution in [0.3, 0.4) is 0 Å². The fourth-order valence-electron chi connectivity index (χ4n) is 2.27. The molecule has 0 unspecified atom stereocenters. The maximum absolute atomic E-state index is 11.4. The van der Waals surface area contributed by atoms with Crippen molar-refractivity contribution in [3.63, 3.8) is 0 Å². The van der Waals surface area contributed by atoms with Gasteiger partial charge < -0.3 is 10.1 Å². The molecule has 3 rings (SSSR count). The number of anilines is 1. The van der Waals surface area contributed by atoms with E-state index in [0.29, 0.717) is 5.56 Å². The van der Waals surface area contributed by atoms with Crippen molar-refractivity contribution < 1.29 is 9.53 Å². The van der Waals surface area contributed by atoms with Crippen molar-refractivity contribution in [1.29, 1.82) is 0 Å². The molecule has 0 aliphatic carbocycles. The van der Waals surface area contributed by atoms with Gasteiger partial charge >= 0.3 is 5.97 Å². The van der Waals surface area contributed by atoms with Crippen LogP contribution in [-0.4, -0.2) is 24.6 Å². The fourth-order valence-corrected chi connectivity index (χ4v) is 3.31. The Morgan fingerprint density at radius 2 is 2.10 bits per heavy atom. The number of methoxy groups -OCH3 is 1. The SMILES string of the molecule is COC(=O)c1ccc(-c2nc3c(s2)NCCCC3)cc1. The molecule has 5 heteroatoms. The third-order valence-electron chi connectivity index (χ3n) is 3.38. The number of hydrogen-bond donors (Lipinski definition) is 1. The summed E-state index contributed by atoms with van der Waals surface area (Å²) in [5.74, 6) is -0.312. The molecule has 1 aliphatic rings. The average molecular weight is 288 g/mol. The van der Waals surface area contributed by atoms with Crippen LogP contribution in [0.15, 0.2) is 24.3 Å². The number of hydrogen-bond acceptors (Lipinski definition) is 5. The van der Waals surface area contributed by atoms with E-state index in [0.717, 1.165) is 23.5 Å². The van der Waals surface area contributed by atoms with Crippen LogP contribution >= 0.6 is 11.3 Å². The number of carbonyl (C=O) groups is 1. The number of aromatic nitrogens is 1. The molecule has 0 spiro atoms. The molecule has 4 nitrogen and oxygen atoms in total. The molecule has 2 heterocycles. The molecule has 104 valence electrons. The Bertz CT molecular complexity index is 596. The van der Waals surface area contributed by atoms with Gasteiger partial charge in [-0.15, -0.1) is 0 Å². The number of benzene rings is 1. The lowest BCUT2D eigenvalue weighted by Gasteiger charge is -2.00. The molecule has 0 atom stereocenters. The molecule has 1 aromatic carbocycles. The molecule has 1 aliphatic heterocycles. The summed E-state index contributed by atoms with van der Waals surface area (Å²) in [6.45, 7) is 1.02. The van der Waals surface area contributed by atoms with E-state index in [1.165, 1.54) is 30.6 Å². The van der Waals surface area contributed by atoms with Crippen LogP contribution < -0.4 is 5.32 Å². The summed E-state index contributed by atoms with van der Waals surface area (Å²) in [6, 6.07) is 7.40. The summed E-state index contributed by atoms with van der Waals surface area (Å²) in [7, 11) is 1.39. The molecule has 0 radical (unpaired) electrons. The Labute approximate surface area is 121 Å². The van der Waals surface area contributed by atoms with Gasteiger partial charge in [-0.2, -0.15) is 0 Å². The van der Waals surface area contributed by atoms with Gasteiger partial charge in [0.25, 0.3) is 0 Å². The molecule has 0 fully saturated rings. The molecule has 1 N–H and O–H groups in total. The highest BCUT2D eigenvalue weighted by molar-refractivity contribution is 7.19. The highest BCUT2D eigenvalue weighted by Gasteiger charge is 2.15. The lowest BCUT2D eigenvalue weighted by Crippen LogP contribution is -2.00. The van der Waals surface area contributed by atoms with E-state index >= 15 is 0 Å². The molecular formula is C15H16N2O2S. The lowest BCUT2D eigenvalue weighted by molar-refractivity contribution is 0.0601. The van der Waals surface area contributed by atoms with Crippen molar-refractivity contribution in [3.05, 3.63) is 35.5 Å². The number of nitrogens with one attached hydrogen (secondary N) is 1. The predicted octanol–water partition coefficient (Wildman–Crippen LogP) is 3.34. The monoisotopic (exact) mass is 288 g/mol. The summed E-state index contributed by atoms with van der Waals surface area (Å²) >= 11 is 1.68. The minimum absolute atomic E-state index is 0.312. The first kappa shape index (κ1) is 13.1. The predicted molar refractivity (Wildman–Crippen MR) is 80.3 cm³/mol. The summed E-state index contributed by atoms with van der Waals surface area (Å²) < 4.78 is 4.70. The number of esters is 1. The van der Waals surface area contributed by atoms with Gasteiger partial charge in [-0.25, -0.2) is 9.78 Å². The van der Waals surface area contributed by atoms with E-state index in [2.05, 4.69) is 5.32 Å². The Morgan fingerprint density at radius 3 is 2.85 bits per heavy atom. The van der Waals surface area contributed by atoms with Gasteiger partial charge in [0.2, 0.25) is 0 Å². The lowest BCUT2D eigenvalue weighted by atomic mass is 10.1. The molecule has 0 saturated carbocycles. The highest BCUT2D eigenvalue weighted by atomic mass is 32.1. The molecule has 1 aromatic heterocycles. The first-order valence-corrected chi connectivity index (χ1v) is 7.52. The topological polar surface area (TPSA) is 51.2 Å². The van der Waals surface area contributed by atoms with Crippen LogP contribution in [0.4, 0.5) is 5.00 Å². The van der Waals surface area contributed by atoms with Crippen molar-refractivity contribution in [1.82, 2.24) is 4.98 Å². The zero-order chi connectivity index (χ0) is 13.9. The molecular weight excluding hydrogens is 272 g/mol. The van der Waals surface area contributed by atoms with Crippen molar-refractivity contribution in [3.8, 4) is 10.6 Å². The summed E-state index contributed by atoms with van der Waals surface area (Å²) in [5.41, 5.74) is 2.77. The maximum Gasteiger partial charge on any atom is 0.337 e. The number of nitrogens with zero attached hydrogens (tertiary/aromatic N) is 1. The van der Waals surface area contributed by atoms with Crippen molar-refractivity contribution >= 4 is 22.3 Å². The van der Waals surface area contributed by atoms with Gasteiger partial charge in [0, 0.05) is 12.1 Å². The minimum Gasteiger partial charge on any atom is -0.465 e. The van der Waals surface area contributed by atoms with Crippen molar-refractivity contribution in [2.45, 2.75) is 19.3 Å². The van der Waals surface area contributed by atoms with Crippen LogP contribution in [-0.2, 0) is 11.2 Å². The minimum atomic E-state index is -0.312. The summed E-state index contributed by atoms with van der Waals surface area (Å²) in [5, 5.41) is 5.63. The van der Waals surface area contributed by atoms with E-state index in [9.17, 15) is 4.79 Å². The van der Waals surface area contributed by atoms with Gasteiger partial charge in [-0.1, -0.05) is 23.5 Å². The molecule has 0 amide bonds. The number of carbonyl (C=O) groups excluding carboxylic acids is 1. The maximum atomic E-state index is 11.4. The summed E-state index contributed by atoms with van der Waals surface area (Å²) in [4.78, 5) is 16.1. The molecule has 20 heavy (non-hydrogen) atoms. The molecule has 0 saturated heterocycles. The second kappa shape index (κ2) is 5.63. The molecule has 2 aromatic rings. The second-order valence-electron chi connectivity index (χ2n) is 4.75. The third-order valence-corrected chi connectivity index (χ3v) is 4.48. The van der Waals surface area contributed by atoms with E-state index < -0.39 is 0 Å². The van der Waals surface area contributed by atoms with Crippen LogP contribution in [0.1, 0.15) is 28.9 Å². The first-order chi connectivity index (χ1) is 9.78. The van der Waals surface area contributed by atoms with Gasteiger partial charge in [-0.05, 0) is 31.4 Å². The Kier molecular flexibility index (Phi) is 3.69. The number of rotatable bonds is 2. The number of ether oxygens (including phenoxy) is 1. The third kappa shape index (κ3) is 2.54. The summed E-state index contributed by atoms with van der Waals surface area (Å²) in [6.07, 6.45) is 3.43. The normalized spacial score (nSPS) is 14.1. The van der Waals surface area contributed by atoms with E-state index in [1.54, 1.807) is 23.5 Å². The van der Waals surface area contributed by atoms with Gasteiger partial charge in [0.05, 0.1) is 18.4 Å². The standard InChI is InChI=1S/C15H16N2O2S/c1-19-15(18)11-7-5-10(6-8-11)13-17-12-4-2-3-9-16-14(12)20-13/h5-8,16H,2-4,9H2,1H3. The largest absolute Gasteiger partial charge is 0.465 e. The Balaban J connectivity index is 1.87. The van der Waals surface area contributed by atoms with Gasteiger partial charge in [-0.3, -0.25) is 0 Å². The zero-order valence-electron chi connectivity index (χ0n) is 11.3. The first-order valence-electron chi connectivity index (χ1n) is 6.70. The van der Waals surface area contributed by atoms with E-state index in [-0.39, 0.29) is 5.97 Å². The van der Waals surface area contributed by atoms with Crippen LogP contribution in [0, 0.1) is 0 Å². The highest BCUT2D eigenvalue weighted by Crippen LogP contribution is 2.34. The van der Waals surface area contributed by atoms with E-state index in [1.807, 2.05) is 12.1 Å². The second-order valence-corrected chi connectivity index (χ2v) is 5.75. The average Bonchev–Trinajstić information content (AvgIpc) is 2.77. The van der Waals surface area contributed by atoms with Crippen molar-refractivity contribution in [2.75, 3.05) is 19.0 Å². The Hall–Kier alpha value is -1.88. The zero-order valence-corrected chi connectivity index (χ0v) is 12.1. The van der Waals surface area contributed by atoms with Gasteiger partial charge in [0.1, 0.15) is 10.0 Å². The van der Waals surface area contributed by atoms with Crippen molar-refractivity contribution in [2.24, 2.45) is 0 Å².